The first-order valence-electron chi connectivity index (χ1n) is 8.76. The molecule has 0 nitrogen and oxygen atoms in total. The molecule has 0 saturated heterocycles. The molecule has 0 aliphatic carbocycles. The van der Waals surface area contributed by atoms with Crippen LogP contribution in [0.4, 0.5) is 0 Å². The first-order chi connectivity index (χ1) is 11.8. The van der Waals surface area contributed by atoms with Crippen molar-refractivity contribution in [2.75, 3.05) is 0 Å². The van der Waals surface area contributed by atoms with Gasteiger partial charge in [-0.3, -0.25) is 0 Å². The second-order valence-corrected chi connectivity index (χ2v) is 8.09. The van der Waals surface area contributed by atoms with Crippen molar-refractivity contribution in [1.82, 2.24) is 0 Å². The van der Waals surface area contributed by atoms with E-state index in [9.17, 15) is 0 Å². The Morgan fingerprint density at radius 1 is 0.560 bits per heavy atom. The van der Waals surface area contributed by atoms with Crippen molar-refractivity contribution in [2.45, 2.75) is 41.5 Å². The molecule has 0 atom stereocenters. The maximum absolute atomic E-state index is 3.37. The summed E-state index contributed by atoms with van der Waals surface area (Å²) in [7, 11) is 0. The van der Waals surface area contributed by atoms with Gasteiger partial charge in [0.2, 0.25) is 0 Å². The SMILES string of the molecule is Cc1cc(C)c(-c2cccc(-c3c(C)cc(C)cc3C)c2[Se-])c(C)c1. The Hall–Kier alpha value is -1.82. The van der Waals surface area contributed by atoms with E-state index in [0.717, 1.165) is 0 Å². The molecule has 0 aliphatic heterocycles. The third kappa shape index (κ3) is 3.32. The molecule has 3 aromatic rings. The van der Waals surface area contributed by atoms with Crippen LogP contribution in [-0.2, 0) is 0 Å². The van der Waals surface area contributed by atoms with Gasteiger partial charge in [0, 0.05) is 0 Å². The van der Waals surface area contributed by atoms with Crippen LogP contribution in [0, 0.1) is 41.5 Å². The van der Waals surface area contributed by atoms with Crippen molar-refractivity contribution in [3.8, 4) is 22.3 Å². The Morgan fingerprint density at radius 3 is 1.20 bits per heavy atom. The van der Waals surface area contributed by atoms with E-state index in [1.165, 1.54) is 60.1 Å². The number of hydrogen-bond acceptors (Lipinski definition) is 0. The molecule has 3 rings (SSSR count). The first-order valence-corrected chi connectivity index (χ1v) is 9.61. The summed E-state index contributed by atoms with van der Waals surface area (Å²) in [6.45, 7) is 13.2. The zero-order valence-corrected chi connectivity index (χ0v) is 17.7. The van der Waals surface area contributed by atoms with Gasteiger partial charge < -0.3 is 0 Å². The van der Waals surface area contributed by atoms with Crippen LogP contribution in [0.3, 0.4) is 0 Å². The van der Waals surface area contributed by atoms with E-state index >= 15 is 0 Å². The van der Waals surface area contributed by atoms with Gasteiger partial charge in [-0.1, -0.05) is 0 Å². The molecule has 0 aliphatic rings. The Balaban J connectivity index is 2.28. The topological polar surface area (TPSA) is 0 Å². The van der Waals surface area contributed by atoms with Gasteiger partial charge in [-0.25, -0.2) is 0 Å². The third-order valence-electron chi connectivity index (χ3n) is 4.91. The number of benzene rings is 3. The maximum atomic E-state index is 3.37. The summed E-state index contributed by atoms with van der Waals surface area (Å²) in [5, 5.41) is 0. The number of rotatable bonds is 2. The molecule has 3 aromatic carbocycles. The molecule has 1 heteroatoms. The molecule has 0 bridgehead atoms. The van der Waals surface area contributed by atoms with Crippen LogP contribution >= 0.6 is 0 Å². The summed E-state index contributed by atoms with van der Waals surface area (Å²) in [5.41, 5.74) is 13.3. The van der Waals surface area contributed by atoms with E-state index in [1.807, 2.05) is 0 Å². The van der Waals surface area contributed by atoms with Crippen molar-refractivity contribution in [2.24, 2.45) is 0 Å². The Bertz CT molecular complexity index is 842. The molecule has 128 valence electrons. The Labute approximate surface area is 160 Å². The van der Waals surface area contributed by atoms with Gasteiger partial charge in [-0.2, -0.15) is 0 Å². The predicted molar refractivity (Wildman–Crippen MR) is 111 cm³/mol. The first kappa shape index (κ1) is 18.0. The van der Waals surface area contributed by atoms with Gasteiger partial charge >= 0.3 is 160 Å². The summed E-state index contributed by atoms with van der Waals surface area (Å²) in [4.78, 5) is 0. The van der Waals surface area contributed by atoms with Gasteiger partial charge in [0.1, 0.15) is 0 Å². The molecule has 0 fully saturated rings. The summed E-state index contributed by atoms with van der Waals surface area (Å²) in [6, 6.07) is 15.8. The fraction of sp³-hybridized carbons (Fsp3) is 0.250. The summed E-state index contributed by atoms with van der Waals surface area (Å²) in [5.74, 6) is 0. The fourth-order valence-corrected chi connectivity index (χ4v) is 4.85. The molecule has 25 heavy (non-hydrogen) atoms. The van der Waals surface area contributed by atoms with E-state index in [2.05, 4.69) is 100 Å². The number of aryl methyl sites for hydroxylation is 6. The van der Waals surface area contributed by atoms with Gasteiger partial charge in [-0.05, 0) is 0 Å². The van der Waals surface area contributed by atoms with E-state index in [4.69, 9.17) is 0 Å². The average molecular weight is 392 g/mol. The standard InChI is InChI=1S/C24H26Se/c1-14-10-16(3)22(17(4)11-14)20-8-7-9-21(24(20)25)23-18(5)12-15(2)13-19(23)6/h7-13,25H,1-6H3/p-1. The van der Waals surface area contributed by atoms with Crippen molar-refractivity contribution < 1.29 is 0 Å². The molecule has 0 radical (unpaired) electrons. The molecule has 0 aromatic heterocycles. The number of hydrogen-bond donors (Lipinski definition) is 0. The van der Waals surface area contributed by atoms with Gasteiger partial charge in [0.05, 0.1) is 0 Å². The predicted octanol–water partition coefficient (Wildman–Crippen LogP) is 5.66. The van der Waals surface area contributed by atoms with Crippen LogP contribution in [-0.4, -0.2) is 16.0 Å². The van der Waals surface area contributed by atoms with E-state index in [0.29, 0.717) is 0 Å². The average Bonchev–Trinajstić information content (AvgIpc) is 2.48. The zero-order valence-electron chi connectivity index (χ0n) is 15.9. The molecule has 0 spiro atoms. The van der Waals surface area contributed by atoms with Crippen LogP contribution < -0.4 is 4.46 Å². The molecule has 0 saturated carbocycles. The summed E-state index contributed by atoms with van der Waals surface area (Å²) in [6.07, 6.45) is 0. The van der Waals surface area contributed by atoms with E-state index in [1.54, 1.807) is 0 Å². The van der Waals surface area contributed by atoms with Crippen LogP contribution in [0.15, 0.2) is 42.5 Å². The molecule has 0 amide bonds. The van der Waals surface area contributed by atoms with Crippen LogP contribution in [0.2, 0.25) is 0 Å². The Kier molecular flexibility index (Phi) is 4.91. The quantitative estimate of drug-likeness (QED) is 0.494. The van der Waals surface area contributed by atoms with E-state index in [-0.39, 0.29) is 0 Å². The molecule has 0 heterocycles. The van der Waals surface area contributed by atoms with Crippen molar-refractivity contribution in [3.05, 3.63) is 75.8 Å². The fourth-order valence-electron chi connectivity index (χ4n) is 4.14. The second-order valence-electron chi connectivity index (χ2n) is 7.23. The molecular formula is C24H25Se-. The summed E-state index contributed by atoms with van der Waals surface area (Å²) < 4.78 is 1.24. The molecule has 0 unspecified atom stereocenters. The van der Waals surface area contributed by atoms with Crippen molar-refractivity contribution in [1.29, 1.82) is 0 Å². The van der Waals surface area contributed by atoms with Gasteiger partial charge in [0.25, 0.3) is 0 Å². The minimum absolute atomic E-state index is 1.24. The van der Waals surface area contributed by atoms with Gasteiger partial charge in [-0.15, -0.1) is 0 Å². The van der Waals surface area contributed by atoms with Crippen LogP contribution in [0.5, 0.6) is 0 Å². The van der Waals surface area contributed by atoms with Crippen molar-refractivity contribution in [3.63, 3.8) is 0 Å². The van der Waals surface area contributed by atoms with Crippen LogP contribution in [0.25, 0.3) is 22.3 Å². The Morgan fingerprint density at radius 2 is 0.880 bits per heavy atom. The van der Waals surface area contributed by atoms with E-state index < -0.39 is 0 Å². The zero-order chi connectivity index (χ0) is 18.3. The van der Waals surface area contributed by atoms with Crippen LogP contribution in [0.1, 0.15) is 33.4 Å². The molecule has 0 N–H and O–H groups in total. The van der Waals surface area contributed by atoms with Gasteiger partial charge in [0.15, 0.2) is 0 Å². The summed E-state index contributed by atoms with van der Waals surface area (Å²) >= 11 is 3.37. The molecular weight excluding hydrogens is 367 g/mol. The second kappa shape index (κ2) is 6.83. The minimum atomic E-state index is 1.24. The van der Waals surface area contributed by atoms with Crippen molar-refractivity contribution >= 4 is 20.5 Å². The third-order valence-corrected chi connectivity index (χ3v) is 5.83. The monoisotopic (exact) mass is 393 g/mol. The normalized spacial score (nSPS) is 11.0.